The molecule has 3 aromatic rings. The summed E-state index contributed by atoms with van der Waals surface area (Å²) >= 11 is 0. The average Bonchev–Trinajstić information content (AvgIpc) is 3.38. The third-order valence-electron chi connectivity index (χ3n) is 5.60. The van der Waals surface area contributed by atoms with Gasteiger partial charge in [0.05, 0.1) is 11.9 Å². The molecule has 2 aliphatic heterocycles. The summed E-state index contributed by atoms with van der Waals surface area (Å²) in [7, 11) is 1.36. The van der Waals surface area contributed by atoms with Gasteiger partial charge >= 0.3 is 6.18 Å². The van der Waals surface area contributed by atoms with Crippen LogP contribution in [-0.4, -0.2) is 55.5 Å². The third kappa shape index (κ3) is 3.16. The summed E-state index contributed by atoms with van der Waals surface area (Å²) < 4.78 is 42.0. The summed E-state index contributed by atoms with van der Waals surface area (Å²) in [5.74, 6) is -0.00375. The summed E-state index contributed by atoms with van der Waals surface area (Å²) in [6.07, 6.45) is 1.49. The molecule has 158 valence electrons. The number of nitrogens with zero attached hydrogens (tertiary/aromatic N) is 6. The maximum Gasteiger partial charge on any atom is 0.437 e. The van der Waals surface area contributed by atoms with Crippen molar-refractivity contribution in [3.63, 3.8) is 0 Å². The van der Waals surface area contributed by atoms with E-state index in [0.29, 0.717) is 12.1 Å². The van der Waals surface area contributed by atoms with Gasteiger partial charge in [0.2, 0.25) is 0 Å². The number of aryl methyl sites for hydroxylation is 1. The number of rotatable bonds is 3. The van der Waals surface area contributed by atoms with Crippen molar-refractivity contribution in [3.05, 3.63) is 35.9 Å². The molecule has 1 amide bonds. The van der Waals surface area contributed by atoms with E-state index < -0.39 is 23.5 Å². The Hall–Kier alpha value is -3.15. The number of hydrogen-bond donors (Lipinski definition) is 2. The molecular weight excluding hydrogens is 401 g/mol. The van der Waals surface area contributed by atoms with Crippen LogP contribution in [0, 0.1) is 0 Å². The number of anilines is 2. The highest BCUT2D eigenvalue weighted by atomic mass is 19.4. The first-order valence-electron chi connectivity index (χ1n) is 9.56. The van der Waals surface area contributed by atoms with Crippen LogP contribution in [0.4, 0.5) is 24.7 Å². The summed E-state index contributed by atoms with van der Waals surface area (Å²) in [4.78, 5) is 19.6. The molecule has 2 N–H and O–H groups in total. The molecule has 5 heterocycles. The minimum absolute atomic E-state index is 0.0910. The molecule has 2 bridgehead atoms. The van der Waals surface area contributed by atoms with Crippen molar-refractivity contribution < 1.29 is 18.0 Å². The van der Waals surface area contributed by atoms with Gasteiger partial charge in [-0.05, 0) is 18.9 Å². The highest BCUT2D eigenvalue weighted by Gasteiger charge is 2.38. The van der Waals surface area contributed by atoms with Crippen LogP contribution in [0.3, 0.4) is 0 Å². The lowest BCUT2D eigenvalue weighted by Gasteiger charge is -2.33. The molecule has 5 rings (SSSR count). The first-order chi connectivity index (χ1) is 14.3. The topological polar surface area (TPSA) is 92.4 Å². The van der Waals surface area contributed by atoms with Crippen molar-refractivity contribution in [2.45, 2.75) is 31.1 Å². The molecule has 0 aliphatic carbocycles. The fourth-order valence-corrected chi connectivity index (χ4v) is 4.19. The van der Waals surface area contributed by atoms with Crippen molar-refractivity contribution in [2.75, 3.05) is 23.3 Å². The Bertz CT molecular complexity index is 1120. The zero-order valence-electron chi connectivity index (χ0n) is 16.0. The number of carbonyl (C=O) groups is 1. The van der Waals surface area contributed by atoms with Crippen LogP contribution in [0.25, 0.3) is 5.65 Å². The van der Waals surface area contributed by atoms with Crippen LogP contribution in [-0.2, 0) is 13.2 Å². The van der Waals surface area contributed by atoms with E-state index in [9.17, 15) is 18.0 Å². The van der Waals surface area contributed by atoms with Crippen molar-refractivity contribution in [1.82, 2.24) is 29.7 Å². The largest absolute Gasteiger partial charge is 0.437 e. The van der Waals surface area contributed by atoms with E-state index in [0.717, 1.165) is 42.6 Å². The van der Waals surface area contributed by atoms with Crippen LogP contribution in [0.1, 0.15) is 28.9 Å². The molecule has 0 radical (unpaired) electrons. The van der Waals surface area contributed by atoms with Crippen molar-refractivity contribution in [1.29, 1.82) is 0 Å². The Kier molecular flexibility index (Phi) is 4.20. The Morgan fingerprint density at radius 3 is 3.00 bits per heavy atom. The smallest absolute Gasteiger partial charge is 0.352 e. The van der Waals surface area contributed by atoms with Crippen molar-refractivity contribution in [2.24, 2.45) is 7.05 Å². The number of halogens is 3. The Morgan fingerprint density at radius 2 is 2.20 bits per heavy atom. The number of nitrogens with one attached hydrogen (secondary N) is 2. The van der Waals surface area contributed by atoms with Crippen LogP contribution in [0.2, 0.25) is 0 Å². The lowest BCUT2D eigenvalue weighted by atomic mass is 10.0. The van der Waals surface area contributed by atoms with Crippen LogP contribution in [0.5, 0.6) is 0 Å². The molecular formula is C18H19F3N8O. The number of carbonyl (C=O) groups excluding carboxylic acids is 1. The van der Waals surface area contributed by atoms with E-state index in [4.69, 9.17) is 0 Å². The Morgan fingerprint density at radius 1 is 1.37 bits per heavy atom. The SMILES string of the molecule is Cn1cc(NC(=O)c2cnn3ccc(N4CC[C@@H]5C[C@H]4CN5)nc23)c(C(F)(F)F)n1. The van der Waals surface area contributed by atoms with Gasteiger partial charge in [0.25, 0.3) is 5.91 Å². The van der Waals surface area contributed by atoms with Gasteiger partial charge in [-0.25, -0.2) is 9.50 Å². The quantitative estimate of drug-likeness (QED) is 0.670. The summed E-state index contributed by atoms with van der Waals surface area (Å²) in [5, 5.41) is 13.3. The van der Waals surface area contributed by atoms with Gasteiger partial charge in [-0.2, -0.15) is 23.4 Å². The number of hydrogen-bond acceptors (Lipinski definition) is 6. The van der Waals surface area contributed by atoms with Gasteiger partial charge in [-0.1, -0.05) is 0 Å². The zero-order chi connectivity index (χ0) is 21.0. The molecule has 9 nitrogen and oxygen atoms in total. The standard InChI is InChI=1S/C18H19F3N8O/c1-27-9-13(15(26-27)18(19,20)21)24-17(30)12-8-23-29-5-3-14(25-16(12)29)28-4-2-10-6-11(28)7-22-10/h3,5,8-11,22H,2,4,6-7H2,1H3,(H,24,30)/t10-,11+/m1/s1. The molecule has 3 aromatic heterocycles. The minimum atomic E-state index is -4.68. The zero-order valence-corrected chi connectivity index (χ0v) is 16.0. The first-order valence-corrected chi connectivity index (χ1v) is 9.56. The lowest BCUT2D eigenvalue weighted by molar-refractivity contribution is -0.140. The van der Waals surface area contributed by atoms with E-state index in [-0.39, 0.29) is 11.2 Å². The Balaban J connectivity index is 1.45. The molecule has 2 saturated heterocycles. The highest BCUT2D eigenvalue weighted by molar-refractivity contribution is 6.08. The predicted molar refractivity (Wildman–Crippen MR) is 101 cm³/mol. The molecule has 2 atom stereocenters. The van der Waals surface area contributed by atoms with Crippen LogP contribution >= 0.6 is 0 Å². The molecule has 0 spiro atoms. The number of aromatic nitrogens is 5. The monoisotopic (exact) mass is 420 g/mol. The highest BCUT2D eigenvalue weighted by Crippen LogP contribution is 2.34. The fraction of sp³-hybridized carbons (Fsp3) is 0.444. The number of alkyl halides is 3. The molecule has 2 fully saturated rings. The van der Waals surface area contributed by atoms with Crippen LogP contribution in [0.15, 0.2) is 24.7 Å². The number of amides is 1. The van der Waals surface area contributed by atoms with Gasteiger partial charge in [0.15, 0.2) is 11.3 Å². The van der Waals surface area contributed by atoms with Gasteiger partial charge in [-0.15, -0.1) is 0 Å². The van der Waals surface area contributed by atoms with E-state index >= 15 is 0 Å². The van der Waals surface area contributed by atoms with E-state index in [2.05, 4.69) is 30.7 Å². The number of fused-ring (bicyclic) bond motifs is 3. The van der Waals surface area contributed by atoms with Gasteiger partial charge in [0.1, 0.15) is 11.4 Å². The average molecular weight is 420 g/mol. The Labute approximate surface area is 168 Å². The normalized spacial score (nSPS) is 21.4. The van der Waals surface area contributed by atoms with Crippen molar-refractivity contribution >= 4 is 23.1 Å². The first kappa shape index (κ1) is 18.9. The summed E-state index contributed by atoms with van der Waals surface area (Å²) in [6, 6.07) is 2.71. The van der Waals surface area contributed by atoms with Gasteiger partial charge in [0, 0.05) is 44.6 Å². The third-order valence-corrected chi connectivity index (χ3v) is 5.60. The molecule has 30 heavy (non-hydrogen) atoms. The fourth-order valence-electron chi connectivity index (χ4n) is 4.19. The van der Waals surface area contributed by atoms with Crippen molar-refractivity contribution in [3.8, 4) is 0 Å². The molecule has 2 aliphatic rings. The molecule has 12 heteroatoms. The predicted octanol–water partition coefficient (Wildman–Crippen LogP) is 1.67. The molecule has 0 unspecified atom stereocenters. The lowest BCUT2D eigenvalue weighted by Crippen LogP contribution is -2.41. The minimum Gasteiger partial charge on any atom is -0.352 e. The van der Waals surface area contributed by atoms with Gasteiger partial charge in [-0.3, -0.25) is 9.48 Å². The molecule has 0 saturated carbocycles. The van der Waals surface area contributed by atoms with E-state index in [1.54, 1.807) is 6.20 Å². The molecule has 0 aromatic carbocycles. The van der Waals surface area contributed by atoms with Gasteiger partial charge < -0.3 is 15.5 Å². The second kappa shape index (κ2) is 6.69. The summed E-state index contributed by atoms with van der Waals surface area (Å²) in [6.45, 7) is 1.73. The van der Waals surface area contributed by atoms with E-state index in [1.165, 1.54) is 17.8 Å². The van der Waals surface area contributed by atoms with Crippen LogP contribution < -0.4 is 15.5 Å². The maximum absolute atomic E-state index is 13.2. The maximum atomic E-state index is 13.2. The second-order valence-electron chi connectivity index (χ2n) is 7.61. The summed E-state index contributed by atoms with van der Waals surface area (Å²) in [5.41, 5.74) is -1.19. The second-order valence-corrected chi connectivity index (χ2v) is 7.61. The number of piperidine rings is 1. The van der Waals surface area contributed by atoms with E-state index in [1.807, 2.05) is 6.07 Å².